The van der Waals surface area contributed by atoms with Gasteiger partial charge in [0.25, 0.3) is 0 Å². The van der Waals surface area contributed by atoms with Crippen LogP contribution in [0.2, 0.25) is 0 Å². The lowest BCUT2D eigenvalue weighted by Crippen LogP contribution is -2.11. The van der Waals surface area contributed by atoms with Crippen LogP contribution in [0.3, 0.4) is 0 Å². The minimum Gasteiger partial charge on any atom is -0.492 e. The average Bonchev–Trinajstić information content (AvgIpc) is 2.35. The van der Waals surface area contributed by atoms with Crippen LogP contribution in [0.5, 0.6) is 5.75 Å². The Kier molecular flexibility index (Phi) is 3.42. The Labute approximate surface area is 96.0 Å². The normalized spacial score (nSPS) is 10.6. The maximum Gasteiger partial charge on any atom is 0.123 e. The predicted octanol–water partition coefficient (Wildman–Crippen LogP) is 2.74. The van der Waals surface area contributed by atoms with Crippen LogP contribution in [0.25, 0.3) is 10.8 Å². The first-order chi connectivity index (χ1) is 7.86. The fourth-order valence-corrected chi connectivity index (χ4v) is 1.98. The third kappa shape index (κ3) is 2.02. The zero-order chi connectivity index (χ0) is 11.4. The lowest BCUT2D eigenvalue weighted by atomic mass is 10.0. The molecule has 0 aliphatic heterocycles. The van der Waals surface area contributed by atoms with Gasteiger partial charge in [-0.3, -0.25) is 0 Å². The van der Waals surface area contributed by atoms with E-state index in [2.05, 4.69) is 37.3 Å². The summed E-state index contributed by atoms with van der Waals surface area (Å²) in [5.74, 6) is 0.964. The van der Waals surface area contributed by atoms with E-state index in [1.54, 1.807) is 0 Å². The Balaban J connectivity index is 2.50. The van der Waals surface area contributed by atoms with Gasteiger partial charge in [0, 0.05) is 12.1 Å². The van der Waals surface area contributed by atoms with Crippen molar-refractivity contribution in [2.24, 2.45) is 5.73 Å². The molecule has 0 fully saturated rings. The summed E-state index contributed by atoms with van der Waals surface area (Å²) in [4.78, 5) is 0. The summed E-state index contributed by atoms with van der Waals surface area (Å²) >= 11 is 0. The van der Waals surface area contributed by atoms with E-state index in [1.807, 2.05) is 6.07 Å². The van der Waals surface area contributed by atoms with E-state index in [-0.39, 0.29) is 0 Å². The lowest BCUT2D eigenvalue weighted by Gasteiger charge is -2.12. The second-order valence-corrected chi connectivity index (χ2v) is 3.75. The van der Waals surface area contributed by atoms with Crippen molar-refractivity contribution in [3.63, 3.8) is 0 Å². The van der Waals surface area contributed by atoms with Crippen LogP contribution in [0, 0.1) is 0 Å². The fourth-order valence-electron chi connectivity index (χ4n) is 1.98. The van der Waals surface area contributed by atoms with Gasteiger partial charge in [0.2, 0.25) is 0 Å². The zero-order valence-corrected chi connectivity index (χ0v) is 9.57. The van der Waals surface area contributed by atoms with Crippen molar-refractivity contribution in [3.05, 3.63) is 42.0 Å². The SMILES string of the molecule is CCc1c(OCCN)ccc2ccccc12. The van der Waals surface area contributed by atoms with Gasteiger partial charge in [0.1, 0.15) is 12.4 Å². The Morgan fingerprint density at radius 3 is 2.69 bits per heavy atom. The Morgan fingerprint density at radius 2 is 1.94 bits per heavy atom. The predicted molar refractivity (Wildman–Crippen MR) is 67.9 cm³/mol. The van der Waals surface area contributed by atoms with Crippen LogP contribution < -0.4 is 10.5 Å². The van der Waals surface area contributed by atoms with Gasteiger partial charge < -0.3 is 10.5 Å². The number of nitrogens with two attached hydrogens (primary N) is 1. The topological polar surface area (TPSA) is 35.2 Å². The van der Waals surface area contributed by atoms with E-state index in [0.717, 1.165) is 12.2 Å². The Morgan fingerprint density at radius 1 is 1.12 bits per heavy atom. The Hall–Kier alpha value is -1.54. The minimum absolute atomic E-state index is 0.552. The number of fused-ring (bicyclic) bond motifs is 1. The van der Waals surface area contributed by atoms with E-state index in [1.165, 1.54) is 16.3 Å². The number of ether oxygens (including phenoxy) is 1. The van der Waals surface area contributed by atoms with Gasteiger partial charge >= 0.3 is 0 Å². The van der Waals surface area contributed by atoms with Gasteiger partial charge in [0.05, 0.1) is 0 Å². The summed E-state index contributed by atoms with van der Waals surface area (Å²) in [5, 5.41) is 2.54. The highest BCUT2D eigenvalue weighted by Crippen LogP contribution is 2.28. The number of rotatable bonds is 4. The maximum atomic E-state index is 5.66. The molecule has 0 aromatic heterocycles. The molecular formula is C14H17NO. The molecule has 2 aromatic rings. The van der Waals surface area contributed by atoms with Crippen molar-refractivity contribution in [2.45, 2.75) is 13.3 Å². The van der Waals surface area contributed by atoms with Gasteiger partial charge in [-0.2, -0.15) is 0 Å². The van der Waals surface area contributed by atoms with Gasteiger partial charge in [-0.1, -0.05) is 37.3 Å². The number of hydrogen-bond acceptors (Lipinski definition) is 2. The van der Waals surface area contributed by atoms with E-state index >= 15 is 0 Å². The molecule has 0 radical (unpaired) electrons. The third-order valence-corrected chi connectivity index (χ3v) is 2.73. The molecular weight excluding hydrogens is 198 g/mol. The summed E-state index contributed by atoms with van der Waals surface area (Å²) in [6.07, 6.45) is 0.973. The Bertz CT molecular complexity index is 479. The van der Waals surface area contributed by atoms with E-state index in [0.29, 0.717) is 13.2 Å². The lowest BCUT2D eigenvalue weighted by molar-refractivity contribution is 0.326. The van der Waals surface area contributed by atoms with E-state index in [4.69, 9.17) is 10.5 Å². The maximum absolute atomic E-state index is 5.66. The molecule has 0 aliphatic rings. The van der Waals surface area contributed by atoms with Gasteiger partial charge in [-0.05, 0) is 23.3 Å². The van der Waals surface area contributed by atoms with Crippen molar-refractivity contribution in [3.8, 4) is 5.75 Å². The molecule has 0 aliphatic carbocycles. The molecule has 0 amide bonds. The molecule has 2 heteroatoms. The fraction of sp³-hybridized carbons (Fsp3) is 0.286. The average molecular weight is 215 g/mol. The van der Waals surface area contributed by atoms with Crippen LogP contribution in [0.4, 0.5) is 0 Å². The molecule has 0 saturated heterocycles. The van der Waals surface area contributed by atoms with E-state index < -0.39 is 0 Å². The van der Waals surface area contributed by atoms with E-state index in [9.17, 15) is 0 Å². The minimum atomic E-state index is 0.552. The largest absolute Gasteiger partial charge is 0.492 e. The van der Waals surface area contributed by atoms with Crippen molar-refractivity contribution in [1.82, 2.24) is 0 Å². The van der Waals surface area contributed by atoms with Crippen LogP contribution >= 0.6 is 0 Å². The molecule has 0 unspecified atom stereocenters. The summed E-state index contributed by atoms with van der Waals surface area (Å²) in [6, 6.07) is 12.5. The number of aryl methyl sites for hydroxylation is 1. The molecule has 16 heavy (non-hydrogen) atoms. The second kappa shape index (κ2) is 4.99. The standard InChI is InChI=1S/C14H17NO/c1-2-12-13-6-4-3-5-11(13)7-8-14(12)16-10-9-15/h3-8H,2,9-10,15H2,1H3. The summed E-state index contributed by atoms with van der Waals surface area (Å²) < 4.78 is 5.66. The van der Waals surface area contributed by atoms with Crippen LogP contribution in [0.15, 0.2) is 36.4 Å². The first-order valence-corrected chi connectivity index (χ1v) is 5.70. The summed E-state index contributed by atoms with van der Waals surface area (Å²) in [7, 11) is 0. The van der Waals surface area contributed by atoms with Crippen molar-refractivity contribution < 1.29 is 4.74 Å². The van der Waals surface area contributed by atoms with Gasteiger partial charge in [-0.15, -0.1) is 0 Å². The molecule has 2 nitrogen and oxygen atoms in total. The molecule has 2 N–H and O–H groups in total. The highest BCUT2D eigenvalue weighted by atomic mass is 16.5. The first-order valence-electron chi connectivity index (χ1n) is 5.70. The summed E-state index contributed by atoms with van der Waals surface area (Å²) in [6.45, 7) is 3.28. The highest BCUT2D eigenvalue weighted by molar-refractivity contribution is 5.87. The molecule has 0 bridgehead atoms. The third-order valence-electron chi connectivity index (χ3n) is 2.73. The molecule has 2 rings (SSSR count). The van der Waals surface area contributed by atoms with Gasteiger partial charge in [0.15, 0.2) is 0 Å². The quantitative estimate of drug-likeness (QED) is 0.851. The zero-order valence-electron chi connectivity index (χ0n) is 9.57. The van der Waals surface area contributed by atoms with Crippen LogP contribution in [0.1, 0.15) is 12.5 Å². The highest BCUT2D eigenvalue weighted by Gasteiger charge is 2.06. The molecule has 0 heterocycles. The van der Waals surface area contributed by atoms with Crippen LogP contribution in [-0.2, 0) is 6.42 Å². The van der Waals surface area contributed by atoms with Crippen molar-refractivity contribution in [2.75, 3.05) is 13.2 Å². The number of hydrogen-bond donors (Lipinski definition) is 1. The van der Waals surface area contributed by atoms with Crippen LogP contribution in [-0.4, -0.2) is 13.2 Å². The number of benzene rings is 2. The molecule has 0 saturated carbocycles. The first kappa shape index (κ1) is 11.0. The molecule has 0 atom stereocenters. The van der Waals surface area contributed by atoms with Gasteiger partial charge in [-0.25, -0.2) is 0 Å². The molecule has 2 aromatic carbocycles. The van der Waals surface area contributed by atoms with Crippen molar-refractivity contribution >= 4 is 10.8 Å². The monoisotopic (exact) mass is 215 g/mol. The molecule has 84 valence electrons. The second-order valence-electron chi connectivity index (χ2n) is 3.75. The van der Waals surface area contributed by atoms with Crippen molar-refractivity contribution in [1.29, 1.82) is 0 Å². The molecule has 0 spiro atoms. The summed E-state index contributed by atoms with van der Waals surface area (Å²) in [5.41, 5.74) is 6.73. The smallest absolute Gasteiger partial charge is 0.123 e.